The minimum atomic E-state index is -0.0358. The predicted octanol–water partition coefficient (Wildman–Crippen LogP) is 1.08. The second-order valence-corrected chi connectivity index (χ2v) is 3.83. The molecule has 0 spiro atoms. The lowest BCUT2D eigenvalue weighted by atomic mass is 10.2. The summed E-state index contributed by atoms with van der Waals surface area (Å²) in [7, 11) is 0. The van der Waals surface area contributed by atoms with Crippen molar-refractivity contribution < 1.29 is 4.79 Å². The van der Waals surface area contributed by atoms with Crippen LogP contribution < -0.4 is 10.6 Å². The number of pyridine rings is 1. The zero-order chi connectivity index (χ0) is 10.7. The molecule has 1 atom stereocenters. The Balaban J connectivity index is 1.96. The molecule has 1 saturated heterocycles. The van der Waals surface area contributed by atoms with Crippen LogP contribution in [0.1, 0.15) is 18.5 Å². The standard InChI is InChI=1S/C11H15N3O/c1-8-4-5-9(7-13-8)14-11(15)10-3-2-6-12-10/h4-5,7,10,12H,2-3,6H2,1H3,(H,14,15)/t10-/m0/s1. The highest BCUT2D eigenvalue weighted by Gasteiger charge is 2.21. The van der Waals surface area contributed by atoms with Gasteiger partial charge in [0.2, 0.25) is 5.91 Å². The SMILES string of the molecule is Cc1ccc(NC(=O)[C@@H]2CCCN2)cn1. The molecule has 0 unspecified atom stereocenters. The van der Waals surface area contributed by atoms with Crippen LogP contribution in [0.2, 0.25) is 0 Å². The second kappa shape index (κ2) is 4.40. The Morgan fingerprint density at radius 2 is 2.47 bits per heavy atom. The average Bonchev–Trinajstić information content (AvgIpc) is 2.74. The molecule has 0 aliphatic carbocycles. The summed E-state index contributed by atoms with van der Waals surface area (Å²) < 4.78 is 0. The van der Waals surface area contributed by atoms with Gasteiger partial charge < -0.3 is 10.6 Å². The van der Waals surface area contributed by atoms with Crippen molar-refractivity contribution in [2.45, 2.75) is 25.8 Å². The van der Waals surface area contributed by atoms with E-state index in [4.69, 9.17) is 0 Å². The third kappa shape index (κ3) is 2.53. The minimum absolute atomic E-state index is 0.0358. The molecule has 0 bridgehead atoms. The van der Waals surface area contributed by atoms with Crippen molar-refractivity contribution in [3.8, 4) is 0 Å². The molecule has 1 fully saturated rings. The fourth-order valence-electron chi connectivity index (χ4n) is 1.68. The van der Waals surface area contributed by atoms with Crippen LogP contribution in [-0.4, -0.2) is 23.5 Å². The van der Waals surface area contributed by atoms with Gasteiger partial charge in [-0.05, 0) is 38.4 Å². The average molecular weight is 205 g/mol. The van der Waals surface area contributed by atoms with Gasteiger partial charge in [-0.15, -0.1) is 0 Å². The zero-order valence-corrected chi connectivity index (χ0v) is 8.79. The Morgan fingerprint density at radius 1 is 1.60 bits per heavy atom. The van der Waals surface area contributed by atoms with Crippen LogP contribution in [0.3, 0.4) is 0 Å². The molecule has 0 radical (unpaired) electrons. The highest BCUT2D eigenvalue weighted by molar-refractivity contribution is 5.94. The molecule has 80 valence electrons. The highest BCUT2D eigenvalue weighted by Crippen LogP contribution is 2.10. The Labute approximate surface area is 89.1 Å². The van der Waals surface area contributed by atoms with Crippen LogP contribution >= 0.6 is 0 Å². The largest absolute Gasteiger partial charge is 0.323 e. The van der Waals surface area contributed by atoms with Crippen LogP contribution in [0.5, 0.6) is 0 Å². The van der Waals surface area contributed by atoms with Crippen LogP contribution in [0, 0.1) is 6.92 Å². The van der Waals surface area contributed by atoms with Gasteiger partial charge in [-0.2, -0.15) is 0 Å². The summed E-state index contributed by atoms with van der Waals surface area (Å²) in [6.07, 6.45) is 3.68. The number of amides is 1. The van der Waals surface area contributed by atoms with Crippen molar-refractivity contribution in [3.05, 3.63) is 24.0 Å². The first-order valence-electron chi connectivity index (χ1n) is 5.22. The maximum Gasteiger partial charge on any atom is 0.241 e. The lowest BCUT2D eigenvalue weighted by Crippen LogP contribution is -2.35. The Morgan fingerprint density at radius 3 is 3.07 bits per heavy atom. The van der Waals surface area contributed by atoms with Crippen molar-refractivity contribution in [3.63, 3.8) is 0 Å². The molecular formula is C11H15N3O. The van der Waals surface area contributed by atoms with Crippen molar-refractivity contribution in [2.75, 3.05) is 11.9 Å². The van der Waals surface area contributed by atoms with Crippen LogP contribution in [-0.2, 0) is 4.79 Å². The first kappa shape index (κ1) is 10.1. The molecule has 1 aliphatic heterocycles. The normalized spacial score (nSPS) is 20.2. The number of hydrogen-bond acceptors (Lipinski definition) is 3. The number of carbonyl (C=O) groups excluding carboxylic acids is 1. The summed E-state index contributed by atoms with van der Waals surface area (Å²) in [5.74, 6) is 0.0400. The van der Waals surface area contributed by atoms with Gasteiger partial charge in [0.25, 0.3) is 0 Å². The molecule has 2 N–H and O–H groups in total. The van der Waals surface area contributed by atoms with Gasteiger partial charge in [0.15, 0.2) is 0 Å². The predicted molar refractivity (Wildman–Crippen MR) is 58.6 cm³/mol. The number of anilines is 1. The highest BCUT2D eigenvalue weighted by atomic mass is 16.2. The first-order valence-corrected chi connectivity index (χ1v) is 5.22. The van der Waals surface area contributed by atoms with Gasteiger partial charge in [-0.3, -0.25) is 9.78 Å². The Hall–Kier alpha value is -1.42. The number of nitrogens with one attached hydrogen (secondary N) is 2. The van der Waals surface area contributed by atoms with E-state index in [0.717, 1.165) is 30.8 Å². The number of aryl methyl sites for hydroxylation is 1. The molecule has 0 aromatic carbocycles. The van der Waals surface area contributed by atoms with Gasteiger partial charge in [-0.25, -0.2) is 0 Å². The fraction of sp³-hybridized carbons (Fsp3) is 0.455. The van der Waals surface area contributed by atoms with Crippen molar-refractivity contribution in [2.24, 2.45) is 0 Å². The van der Waals surface area contributed by atoms with Gasteiger partial charge >= 0.3 is 0 Å². The van der Waals surface area contributed by atoms with Crippen LogP contribution in [0.15, 0.2) is 18.3 Å². The summed E-state index contributed by atoms with van der Waals surface area (Å²) in [5.41, 5.74) is 1.71. The Bertz CT molecular complexity index is 341. The van der Waals surface area contributed by atoms with Crippen molar-refractivity contribution in [1.82, 2.24) is 10.3 Å². The molecule has 2 heterocycles. The molecule has 1 amide bonds. The number of nitrogens with zero attached hydrogens (tertiary/aromatic N) is 1. The molecule has 15 heavy (non-hydrogen) atoms. The van der Waals surface area contributed by atoms with E-state index in [9.17, 15) is 4.79 Å². The quantitative estimate of drug-likeness (QED) is 0.759. The van der Waals surface area contributed by atoms with E-state index in [1.54, 1.807) is 6.20 Å². The maximum atomic E-state index is 11.7. The van der Waals surface area contributed by atoms with Crippen LogP contribution in [0.25, 0.3) is 0 Å². The Kier molecular flexibility index (Phi) is 2.97. The van der Waals surface area contributed by atoms with Crippen molar-refractivity contribution >= 4 is 11.6 Å². The van der Waals surface area contributed by atoms with E-state index in [1.807, 2.05) is 19.1 Å². The fourth-order valence-corrected chi connectivity index (χ4v) is 1.68. The summed E-state index contributed by atoms with van der Waals surface area (Å²) in [5, 5.41) is 6.00. The third-order valence-corrected chi connectivity index (χ3v) is 2.56. The number of hydrogen-bond donors (Lipinski definition) is 2. The van der Waals surface area contributed by atoms with E-state index in [2.05, 4.69) is 15.6 Å². The molecule has 2 rings (SSSR count). The van der Waals surface area contributed by atoms with E-state index in [0.29, 0.717) is 0 Å². The number of carbonyl (C=O) groups is 1. The number of aromatic nitrogens is 1. The van der Waals surface area contributed by atoms with E-state index >= 15 is 0 Å². The van der Waals surface area contributed by atoms with E-state index in [-0.39, 0.29) is 11.9 Å². The van der Waals surface area contributed by atoms with Crippen molar-refractivity contribution in [1.29, 1.82) is 0 Å². The third-order valence-electron chi connectivity index (χ3n) is 2.56. The van der Waals surface area contributed by atoms with Gasteiger partial charge in [0, 0.05) is 5.69 Å². The van der Waals surface area contributed by atoms with Gasteiger partial charge in [0.05, 0.1) is 17.9 Å². The summed E-state index contributed by atoms with van der Waals surface area (Å²) in [6.45, 7) is 2.86. The van der Waals surface area contributed by atoms with Gasteiger partial charge in [0.1, 0.15) is 0 Å². The molecular weight excluding hydrogens is 190 g/mol. The topological polar surface area (TPSA) is 54.0 Å². The van der Waals surface area contributed by atoms with Gasteiger partial charge in [-0.1, -0.05) is 0 Å². The smallest absolute Gasteiger partial charge is 0.241 e. The first-order chi connectivity index (χ1) is 7.25. The van der Waals surface area contributed by atoms with Crippen LogP contribution in [0.4, 0.5) is 5.69 Å². The molecule has 4 heteroatoms. The van der Waals surface area contributed by atoms with E-state index < -0.39 is 0 Å². The molecule has 1 aromatic rings. The lowest BCUT2D eigenvalue weighted by Gasteiger charge is -2.10. The molecule has 0 saturated carbocycles. The molecule has 1 aliphatic rings. The second-order valence-electron chi connectivity index (χ2n) is 3.83. The molecule has 4 nitrogen and oxygen atoms in total. The lowest BCUT2D eigenvalue weighted by molar-refractivity contribution is -0.117. The molecule has 1 aromatic heterocycles. The van der Waals surface area contributed by atoms with E-state index in [1.165, 1.54) is 0 Å². The summed E-state index contributed by atoms with van der Waals surface area (Å²) >= 11 is 0. The summed E-state index contributed by atoms with van der Waals surface area (Å²) in [4.78, 5) is 15.8. The summed E-state index contributed by atoms with van der Waals surface area (Å²) in [6, 6.07) is 3.72. The maximum absolute atomic E-state index is 11.7. The number of rotatable bonds is 2. The minimum Gasteiger partial charge on any atom is -0.323 e. The zero-order valence-electron chi connectivity index (χ0n) is 8.79. The monoisotopic (exact) mass is 205 g/mol.